The molecule has 1 N–H and O–H groups in total. The van der Waals surface area contributed by atoms with Crippen molar-refractivity contribution in [3.63, 3.8) is 0 Å². The molecule has 0 radical (unpaired) electrons. The van der Waals surface area contributed by atoms with Crippen LogP contribution in [0, 0.1) is 0 Å². The van der Waals surface area contributed by atoms with Crippen LogP contribution in [0.25, 0.3) is 11.0 Å². The summed E-state index contributed by atoms with van der Waals surface area (Å²) in [6, 6.07) is 18.2. The number of ether oxygens (including phenoxy) is 3. The minimum atomic E-state index is -0.879. The van der Waals surface area contributed by atoms with E-state index in [9.17, 15) is 14.7 Å². The maximum Gasteiger partial charge on any atom is 0.290 e. The molecule has 1 aliphatic rings. The number of rotatable bonds is 9. The SMILES string of the molecule is COc1ccc(C2C(C(=O)c3cc4cc(Cl)cc(OC)c4o3)=C(O)C(=O)N2Cc2ccc(OC(C)C)cc2)cc1. The third-order valence-electron chi connectivity index (χ3n) is 6.62. The lowest BCUT2D eigenvalue weighted by atomic mass is 9.94. The first-order valence-electron chi connectivity index (χ1n) is 12.7. The lowest BCUT2D eigenvalue weighted by Crippen LogP contribution is -2.30. The van der Waals surface area contributed by atoms with Crippen molar-refractivity contribution in [3.05, 3.63) is 100.0 Å². The first-order chi connectivity index (χ1) is 19.2. The highest BCUT2D eigenvalue weighted by molar-refractivity contribution is 6.31. The Hall–Kier alpha value is -4.43. The van der Waals surface area contributed by atoms with Gasteiger partial charge in [-0.1, -0.05) is 35.9 Å². The number of furan rings is 1. The van der Waals surface area contributed by atoms with E-state index in [0.29, 0.717) is 38.8 Å². The number of methoxy groups -OCH3 is 2. The summed E-state index contributed by atoms with van der Waals surface area (Å²) in [4.78, 5) is 28.8. The molecule has 2 heterocycles. The van der Waals surface area contributed by atoms with Crippen molar-refractivity contribution in [2.24, 2.45) is 0 Å². The molecule has 8 nitrogen and oxygen atoms in total. The normalized spacial score (nSPS) is 15.3. The number of hydrogen-bond donors (Lipinski definition) is 1. The van der Waals surface area contributed by atoms with E-state index in [-0.39, 0.29) is 24.0 Å². The molecule has 0 bridgehead atoms. The standard InChI is InChI=1S/C31H28ClNO7/c1-17(2)39-23-9-5-18(6-10-23)16-33-27(19-7-11-22(37-3)12-8-19)26(29(35)31(33)36)28(34)24-14-20-13-21(32)15-25(38-4)30(20)40-24/h5-15,17,27,35H,16H2,1-4H3. The fourth-order valence-corrected chi connectivity index (χ4v) is 5.02. The molecule has 1 atom stereocenters. The van der Waals surface area contributed by atoms with Crippen LogP contribution < -0.4 is 14.2 Å². The molecule has 1 aromatic heterocycles. The minimum Gasteiger partial charge on any atom is -0.503 e. The Labute approximate surface area is 236 Å². The van der Waals surface area contributed by atoms with Crippen LogP contribution in [0.2, 0.25) is 5.02 Å². The number of halogens is 1. The van der Waals surface area contributed by atoms with Crippen molar-refractivity contribution in [1.82, 2.24) is 4.90 Å². The van der Waals surface area contributed by atoms with Gasteiger partial charge >= 0.3 is 0 Å². The van der Waals surface area contributed by atoms with Crippen LogP contribution in [0.5, 0.6) is 17.2 Å². The summed E-state index contributed by atoms with van der Waals surface area (Å²) in [7, 11) is 3.02. The molecule has 4 aromatic rings. The first kappa shape index (κ1) is 27.1. The van der Waals surface area contributed by atoms with Gasteiger partial charge < -0.3 is 28.6 Å². The van der Waals surface area contributed by atoms with Gasteiger partial charge in [-0.05, 0) is 61.4 Å². The summed E-state index contributed by atoms with van der Waals surface area (Å²) in [6.45, 7) is 4.02. The van der Waals surface area contributed by atoms with Gasteiger partial charge in [0.05, 0.1) is 31.9 Å². The molecule has 0 spiro atoms. The molecule has 0 saturated heterocycles. The molecule has 1 amide bonds. The van der Waals surface area contributed by atoms with Crippen molar-refractivity contribution in [1.29, 1.82) is 0 Å². The summed E-state index contributed by atoms with van der Waals surface area (Å²) in [6.07, 6.45) is 0.0226. The van der Waals surface area contributed by atoms with E-state index < -0.39 is 23.5 Å². The lowest BCUT2D eigenvalue weighted by molar-refractivity contribution is -0.130. The number of aliphatic hydroxyl groups excluding tert-OH is 1. The van der Waals surface area contributed by atoms with Crippen LogP contribution in [0.3, 0.4) is 0 Å². The highest BCUT2D eigenvalue weighted by Gasteiger charge is 2.44. The third-order valence-corrected chi connectivity index (χ3v) is 6.84. The van der Waals surface area contributed by atoms with Crippen LogP contribution in [0.1, 0.15) is 41.6 Å². The van der Waals surface area contributed by atoms with Gasteiger partial charge in [0.25, 0.3) is 5.91 Å². The molecular formula is C31H28ClNO7. The molecule has 206 valence electrons. The fraction of sp³-hybridized carbons (Fsp3) is 0.226. The van der Waals surface area contributed by atoms with Crippen molar-refractivity contribution in [2.45, 2.75) is 32.5 Å². The zero-order valence-corrected chi connectivity index (χ0v) is 23.2. The van der Waals surface area contributed by atoms with E-state index in [1.807, 2.05) is 38.1 Å². The Bertz CT molecular complexity index is 1600. The number of aliphatic hydroxyl groups is 1. The van der Waals surface area contributed by atoms with Crippen LogP contribution in [-0.4, -0.2) is 42.0 Å². The Morgan fingerprint density at radius 1 is 1.00 bits per heavy atom. The Morgan fingerprint density at radius 3 is 2.30 bits per heavy atom. The molecule has 0 saturated carbocycles. The minimum absolute atomic E-state index is 0.0226. The van der Waals surface area contributed by atoms with Crippen molar-refractivity contribution in [3.8, 4) is 17.2 Å². The predicted octanol–water partition coefficient (Wildman–Crippen LogP) is 6.67. The highest BCUT2D eigenvalue weighted by Crippen LogP contribution is 2.42. The van der Waals surface area contributed by atoms with E-state index in [0.717, 1.165) is 5.56 Å². The van der Waals surface area contributed by atoms with Gasteiger partial charge in [-0.25, -0.2) is 0 Å². The summed E-state index contributed by atoms with van der Waals surface area (Å²) in [5, 5.41) is 12.0. The quantitative estimate of drug-likeness (QED) is 0.228. The second-order valence-corrected chi connectivity index (χ2v) is 10.1. The molecule has 3 aromatic carbocycles. The maximum atomic E-state index is 13.9. The Kier molecular flexibility index (Phi) is 7.45. The number of carbonyl (C=O) groups is 2. The molecule has 1 unspecified atom stereocenters. The predicted molar refractivity (Wildman–Crippen MR) is 150 cm³/mol. The van der Waals surface area contributed by atoms with Crippen molar-refractivity contribution >= 4 is 34.3 Å². The van der Waals surface area contributed by atoms with Crippen LogP contribution in [0.15, 0.2) is 82.5 Å². The summed E-state index contributed by atoms with van der Waals surface area (Å²) >= 11 is 6.19. The fourth-order valence-electron chi connectivity index (χ4n) is 4.81. The Balaban J connectivity index is 1.55. The Morgan fingerprint density at radius 2 is 1.68 bits per heavy atom. The van der Waals surface area contributed by atoms with Crippen LogP contribution >= 0.6 is 11.6 Å². The number of hydrogen-bond acceptors (Lipinski definition) is 7. The first-order valence-corrected chi connectivity index (χ1v) is 13.0. The molecule has 5 rings (SSSR count). The van der Waals surface area contributed by atoms with Gasteiger partial charge in [-0.15, -0.1) is 0 Å². The largest absolute Gasteiger partial charge is 0.503 e. The van der Waals surface area contributed by atoms with Crippen LogP contribution in [0.4, 0.5) is 0 Å². The van der Waals surface area contributed by atoms with E-state index in [4.69, 9.17) is 30.2 Å². The number of benzene rings is 3. The van der Waals surface area contributed by atoms with Gasteiger partial charge in [0.2, 0.25) is 5.78 Å². The molecule has 9 heteroatoms. The smallest absolute Gasteiger partial charge is 0.290 e. The summed E-state index contributed by atoms with van der Waals surface area (Å²) in [5.74, 6) is -0.289. The van der Waals surface area contributed by atoms with E-state index in [2.05, 4.69) is 0 Å². The highest BCUT2D eigenvalue weighted by atomic mass is 35.5. The molecule has 0 fully saturated rings. The number of ketones is 1. The number of carbonyl (C=O) groups excluding carboxylic acids is 2. The monoisotopic (exact) mass is 561 g/mol. The van der Waals surface area contributed by atoms with E-state index >= 15 is 0 Å². The average Bonchev–Trinajstić information content (AvgIpc) is 3.48. The van der Waals surface area contributed by atoms with Gasteiger partial charge in [-0.3, -0.25) is 9.59 Å². The van der Waals surface area contributed by atoms with E-state index in [1.54, 1.807) is 43.5 Å². The van der Waals surface area contributed by atoms with Gasteiger partial charge in [-0.2, -0.15) is 0 Å². The maximum absolute atomic E-state index is 13.9. The summed E-state index contributed by atoms with van der Waals surface area (Å²) in [5.41, 5.74) is 1.67. The van der Waals surface area contributed by atoms with Gasteiger partial charge in [0, 0.05) is 23.0 Å². The molecule has 40 heavy (non-hydrogen) atoms. The second kappa shape index (κ2) is 11.0. The van der Waals surface area contributed by atoms with Gasteiger partial charge in [0.1, 0.15) is 11.5 Å². The number of amides is 1. The summed E-state index contributed by atoms with van der Waals surface area (Å²) < 4.78 is 22.2. The molecular weight excluding hydrogens is 534 g/mol. The number of Topliss-reactive ketones (excluding diaryl/α,β-unsaturated/α-hetero) is 1. The number of nitrogens with zero attached hydrogens (tertiary/aromatic N) is 1. The lowest BCUT2D eigenvalue weighted by Gasteiger charge is -2.27. The van der Waals surface area contributed by atoms with Gasteiger partial charge in [0.15, 0.2) is 22.9 Å². The molecule has 0 aliphatic carbocycles. The van der Waals surface area contributed by atoms with E-state index in [1.165, 1.54) is 18.1 Å². The van der Waals surface area contributed by atoms with Crippen LogP contribution in [-0.2, 0) is 11.3 Å². The topological polar surface area (TPSA) is 98.4 Å². The molecule has 1 aliphatic heterocycles. The zero-order valence-electron chi connectivity index (χ0n) is 22.4. The average molecular weight is 562 g/mol. The second-order valence-electron chi connectivity index (χ2n) is 9.65. The van der Waals surface area contributed by atoms with Crippen molar-refractivity contribution < 1.29 is 33.3 Å². The number of fused-ring (bicyclic) bond motifs is 1. The third kappa shape index (κ3) is 5.10. The zero-order chi connectivity index (χ0) is 28.6. The van der Waals surface area contributed by atoms with Crippen molar-refractivity contribution in [2.75, 3.05) is 14.2 Å².